The van der Waals surface area contributed by atoms with Crippen molar-refractivity contribution in [1.82, 2.24) is 24.6 Å². The number of nitrogens with zero attached hydrogens (tertiary/aromatic N) is 5. The van der Waals surface area contributed by atoms with Crippen LogP contribution in [0.1, 0.15) is 77.5 Å². The highest BCUT2D eigenvalue weighted by atomic mass is 16.2. The van der Waals surface area contributed by atoms with Gasteiger partial charge in [0.2, 0.25) is 5.91 Å². The quantitative estimate of drug-likeness (QED) is 0.808. The molecule has 1 saturated heterocycles. The van der Waals surface area contributed by atoms with Crippen molar-refractivity contribution >= 4 is 5.91 Å². The summed E-state index contributed by atoms with van der Waals surface area (Å²) >= 11 is 0. The molecule has 0 N–H and O–H groups in total. The van der Waals surface area contributed by atoms with Gasteiger partial charge in [-0.2, -0.15) is 5.10 Å². The Morgan fingerprint density at radius 2 is 1.96 bits per heavy atom. The molecule has 6 heteroatoms. The number of carbonyl (C=O) groups excluding carboxylic acids is 1. The van der Waals surface area contributed by atoms with E-state index in [1.54, 1.807) is 0 Å². The van der Waals surface area contributed by atoms with E-state index in [1.165, 1.54) is 0 Å². The maximum Gasteiger partial charge on any atom is 0.228 e. The molecule has 0 aromatic carbocycles. The smallest absolute Gasteiger partial charge is 0.228 e. The van der Waals surface area contributed by atoms with Crippen molar-refractivity contribution < 1.29 is 4.79 Å². The Kier molecular flexibility index (Phi) is 5.36. The van der Waals surface area contributed by atoms with E-state index in [-0.39, 0.29) is 18.0 Å². The van der Waals surface area contributed by atoms with E-state index in [4.69, 9.17) is 4.98 Å². The van der Waals surface area contributed by atoms with Crippen LogP contribution in [-0.2, 0) is 4.79 Å². The Hall–Kier alpha value is -2.24. The minimum Gasteiger partial charge on any atom is -0.334 e. The van der Waals surface area contributed by atoms with E-state index in [1.807, 2.05) is 55.6 Å². The van der Waals surface area contributed by atoms with Gasteiger partial charge < -0.3 is 4.90 Å². The lowest BCUT2D eigenvalue weighted by atomic mass is 9.90. The Bertz CT molecular complexity index is 818. The van der Waals surface area contributed by atoms with Crippen molar-refractivity contribution in [2.45, 2.75) is 72.9 Å². The van der Waals surface area contributed by atoms with Crippen LogP contribution in [0.4, 0.5) is 0 Å². The van der Waals surface area contributed by atoms with Crippen molar-refractivity contribution in [1.29, 1.82) is 0 Å². The molecule has 0 saturated carbocycles. The number of hydrogen-bond donors (Lipinski definition) is 0. The van der Waals surface area contributed by atoms with Crippen LogP contribution >= 0.6 is 0 Å². The molecule has 3 rings (SSSR count). The van der Waals surface area contributed by atoms with Gasteiger partial charge in [0.1, 0.15) is 5.82 Å². The fourth-order valence-electron chi connectivity index (χ4n) is 3.73. The summed E-state index contributed by atoms with van der Waals surface area (Å²) < 4.78 is 1.98. The van der Waals surface area contributed by atoms with Gasteiger partial charge in [0.25, 0.3) is 0 Å². The molecule has 1 atom stereocenters. The van der Waals surface area contributed by atoms with Crippen LogP contribution in [0, 0.1) is 12.3 Å². The number of carbonyl (C=O) groups is 1. The van der Waals surface area contributed by atoms with Crippen LogP contribution in [-0.4, -0.2) is 37.1 Å². The van der Waals surface area contributed by atoms with Crippen LogP contribution in [0.5, 0.6) is 0 Å². The monoisotopic (exact) mass is 369 g/mol. The topological polar surface area (TPSA) is 63.9 Å². The zero-order valence-corrected chi connectivity index (χ0v) is 17.4. The number of amides is 1. The van der Waals surface area contributed by atoms with Gasteiger partial charge in [0.15, 0.2) is 0 Å². The third kappa shape index (κ3) is 4.04. The average molecular weight is 370 g/mol. The summed E-state index contributed by atoms with van der Waals surface area (Å²) in [5.41, 5.74) is 2.40. The molecule has 1 aliphatic heterocycles. The Labute approximate surface area is 162 Å². The predicted octanol–water partition coefficient (Wildman–Crippen LogP) is 4.33. The molecule has 0 unspecified atom stereocenters. The third-order valence-corrected chi connectivity index (χ3v) is 5.03. The Morgan fingerprint density at radius 3 is 2.63 bits per heavy atom. The van der Waals surface area contributed by atoms with Crippen molar-refractivity contribution in [3.05, 3.63) is 29.8 Å². The summed E-state index contributed by atoms with van der Waals surface area (Å²) in [5.74, 6) is 0.921. The number of aryl methyl sites for hydroxylation is 1. The fourth-order valence-corrected chi connectivity index (χ4v) is 3.73. The van der Waals surface area contributed by atoms with Crippen LogP contribution < -0.4 is 0 Å². The van der Waals surface area contributed by atoms with Gasteiger partial charge in [-0.1, -0.05) is 20.8 Å². The molecule has 0 spiro atoms. The number of likely N-dealkylation sites (tertiary alicyclic amines) is 1. The summed E-state index contributed by atoms with van der Waals surface area (Å²) in [6, 6.07) is 4.30. The zero-order chi connectivity index (χ0) is 19.8. The van der Waals surface area contributed by atoms with Gasteiger partial charge in [-0.3, -0.25) is 9.48 Å². The largest absolute Gasteiger partial charge is 0.334 e. The summed E-state index contributed by atoms with van der Waals surface area (Å²) in [6.07, 6.45) is 4.92. The second-order valence-corrected chi connectivity index (χ2v) is 8.74. The van der Waals surface area contributed by atoms with E-state index in [0.717, 1.165) is 48.7 Å². The highest BCUT2D eigenvalue weighted by Gasteiger charge is 2.35. The van der Waals surface area contributed by atoms with Gasteiger partial charge in [0, 0.05) is 24.2 Å². The van der Waals surface area contributed by atoms with Crippen LogP contribution in [0.25, 0.3) is 11.4 Å². The standard InChI is InChI=1S/C21H31N5O/c1-14(2)26-19(10-11-22-26)17-13-16(23-15(3)24-17)18-9-7-8-12-25(18)20(27)21(4,5)6/h10-11,13-14,18H,7-9,12H2,1-6H3/t18-/m1/s1. The summed E-state index contributed by atoms with van der Waals surface area (Å²) in [5, 5.41) is 4.43. The van der Waals surface area contributed by atoms with Crippen molar-refractivity contribution in [2.24, 2.45) is 5.41 Å². The number of rotatable bonds is 3. The molecule has 3 heterocycles. The molecule has 2 aromatic rings. The molecule has 0 bridgehead atoms. The van der Waals surface area contributed by atoms with Crippen molar-refractivity contribution in [2.75, 3.05) is 6.54 Å². The van der Waals surface area contributed by atoms with E-state index in [0.29, 0.717) is 0 Å². The first-order valence-electron chi connectivity index (χ1n) is 9.89. The minimum atomic E-state index is -0.392. The first kappa shape index (κ1) is 19.5. The number of aromatic nitrogens is 4. The van der Waals surface area contributed by atoms with E-state index >= 15 is 0 Å². The van der Waals surface area contributed by atoms with Gasteiger partial charge in [0.05, 0.1) is 23.1 Å². The SMILES string of the molecule is Cc1nc(-c2ccnn2C(C)C)cc([C@H]2CCCCN2C(=O)C(C)(C)C)n1. The molecular weight excluding hydrogens is 338 g/mol. The minimum absolute atomic E-state index is 0.0151. The van der Waals surface area contributed by atoms with Gasteiger partial charge in [-0.15, -0.1) is 0 Å². The van der Waals surface area contributed by atoms with Gasteiger partial charge in [-0.05, 0) is 52.2 Å². The second-order valence-electron chi connectivity index (χ2n) is 8.74. The zero-order valence-electron chi connectivity index (χ0n) is 17.4. The molecule has 1 fully saturated rings. The molecule has 1 aliphatic rings. The molecule has 6 nitrogen and oxygen atoms in total. The predicted molar refractivity (Wildman–Crippen MR) is 106 cm³/mol. The molecule has 146 valence electrons. The van der Waals surface area contributed by atoms with E-state index < -0.39 is 5.41 Å². The molecule has 2 aromatic heterocycles. The summed E-state index contributed by atoms with van der Waals surface area (Å²) in [7, 11) is 0. The van der Waals surface area contributed by atoms with Gasteiger partial charge >= 0.3 is 0 Å². The molecule has 0 radical (unpaired) electrons. The summed E-state index contributed by atoms with van der Waals surface area (Å²) in [6.45, 7) is 12.9. The van der Waals surface area contributed by atoms with Crippen molar-refractivity contribution in [3.63, 3.8) is 0 Å². The lowest BCUT2D eigenvalue weighted by Crippen LogP contribution is -2.44. The fraction of sp³-hybridized carbons (Fsp3) is 0.619. The van der Waals surface area contributed by atoms with E-state index in [2.05, 4.69) is 23.9 Å². The Morgan fingerprint density at radius 1 is 1.22 bits per heavy atom. The highest BCUT2D eigenvalue weighted by Crippen LogP contribution is 2.34. The molecule has 27 heavy (non-hydrogen) atoms. The Balaban J connectivity index is 2.02. The summed E-state index contributed by atoms with van der Waals surface area (Å²) in [4.78, 5) is 24.4. The first-order valence-corrected chi connectivity index (χ1v) is 9.89. The first-order chi connectivity index (χ1) is 12.7. The number of piperidine rings is 1. The normalized spacial score (nSPS) is 18.2. The van der Waals surface area contributed by atoms with E-state index in [9.17, 15) is 4.79 Å². The molecule has 0 aliphatic carbocycles. The lowest BCUT2D eigenvalue weighted by Gasteiger charge is -2.39. The maximum absolute atomic E-state index is 13.0. The van der Waals surface area contributed by atoms with Crippen LogP contribution in [0.3, 0.4) is 0 Å². The second kappa shape index (κ2) is 7.41. The maximum atomic E-state index is 13.0. The molecular formula is C21H31N5O. The number of hydrogen-bond acceptors (Lipinski definition) is 4. The van der Waals surface area contributed by atoms with Crippen LogP contribution in [0.2, 0.25) is 0 Å². The van der Waals surface area contributed by atoms with Crippen LogP contribution in [0.15, 0.2) is 18.3 Å². The molecule has 1 amide bonds. The lowest BCUT2D eigenvalue weighted by molar-refractivity contribution is -0.143. The highest BCUT2D eigenvalue weighted by molar-refractivity contribution is 5.82. The van der Waals surface area contributed by atoms with Gasteiger partial charge in [-0.25, -0.2) is 9.97 Å². The average Bonchev–Trinajstić information content (AvgIpc) is 3.10. The third-order valence-electron chi connectivity index (χ3n) is 5.03. The van der Waals surface area contributed by atoms with Crippen molar-refractivity contribution in [3.8, 4) is 11.4 Å².